The van der Waals surface area contributed by atoms with Gasteiger partial charge in [0.1, 0.15) is 12.1 Å². The molecular weight excluding hydrogens is 304 g/mol. The third kappa shape index (κ3) is 3.57. The number of nitrogens with zero attached hydrogens (tertiary/aromatic N) is 6. The molecule has 0 saturated carbocycles. The second kappa shape index (κ2) is 7.27. The van der Waals surface area contributed by atoms with Crippen molar-refractivity contribution in [3.63, 3.8) is 0 Å². The van der Waals surface area contributed by atoms with E-state index in [1.54, 1.807) is 17.2 Å². The number of rotatable bonds is 4. The highest BCUT2D eigenvalue weighted by molar-refractivity contribution is 5.43. The van der Waals surface area contributed by atoms with Crippen molar-refractivity contribution in [2.24, 2.45) is 5.92 Å². The van der Waals surface area contributed by atoms with Crippen molar-refractivity contribution < 1.29 is 4.74 Å². The Hall–Kier alpha value is -1.99. The third-order valence-corrected chi connectivity index (χ3v) is 4.93. The number of piperazine rings is 1. The Bertz CT molecular complexity index is 632. The van der Waals surface area contributed by atoms with Crippen LogP contribution >= 0.6 is 0 Å². The predicted molar refractivity (Wildman–Crippen MR) is 91.4 cm³/mol. The van der Waals surface area contributed by atoms with Gasteiger partial charge in [-0.3, -0.25) is 4.90 Å². The summed E-state index contributed by atoms with van der Waals surface area (Å²) in [5.41, 5.74) is 0. The fraction of sp³-hybridized carbons (Fsp3) is 0.588. The molecule has 7 heteroatoms. The van der Waals surface area contributed by atoms with Crippen LogP contribution < -0.4 is 4.90 Å². The molecule has 2 aromatic heterocycles. The molecule has 24 heavy (non-hydrogen) atoms. The van der Waals surface area contributed by atoms with Gasteiger partial charge in [-0.1, -0.05) is 0 Å². The van der Waals surface area contributed by atoms with E-state index in [9.17, 15) is 0 Å². The molecule has 2 aromatic rings. The molecule has 0 radical (unpaired) electrons. The summed E-state index contributed by atoms with van der Waals surface area (Å²) in [7, 11) is 0. The summed E-state index contributed by atoms with van der Waals surface area (Å²) < 4.78 is 7.23. The van der Waals surface area contributed by atoms with Crippen LogP contribution in [0.3, 0.4) is 0 Å². The molecule has 2 fully saturated rings. The molecule has 4 heterocycles. The summed E-state index contributed by atoms with van der Waals surface area (Å²) in [6, 6.07) is 3.91. The van der Waals surface area contributed by atoms with E-state index < -0.39 is 0 Å². The van der Waals surface area contributed by atoms with E-state index in [1.807, 2.05) is 18.3 Å². The molecule has 0 atom stereocenters. The molecule has 0 N–H and O–H groups in total. The fourth-order valence-electron chi connectivity index (χ4n) is 3.49. The Balaban J connectivity index is 1.35. The standard InChI is InChI=1S/C17H24N6O/c1-4-20-23(5-1)17-12-16(18-14-19-17)22-8-6-21(7-9-22)13-15-2-10-24-11-3-15/h1,4-5,12,14-15H,2-3,6-11,13H2. The van der Waals surface area contributed by atoms with Crippen LogP contribution in [0.5, 0.6) is 0 Å². The van der Waals surface area contributed by atoms with E-state index >= 15 is 0 Å². The number of aromatic nitrogens is 4. The molecule has 128 valence electrons. The average molecular weight is 328 g/mol. The first-order valence-corrected chi connectivity index (χ1v) is 8.75. The highest BCUT2D eigenvalue weighted by atomic mass is 16.5. The zero-order chi connectivity index (χ0) is 16.2. The minimum absolute atomic E-state index is 0.802. The molecule has 0 aliphatic carbocycles. The number of ether oxygens (including phenoxy) is 1. The first-order chi connectivity index (χ1) is 11.9. The van der Waals surface area contributed by atoms with Crippen LogP contribution in [0.1, 0.15) is 12.8 Å². The summed E-state index contributed by atoms with van der Waals surface area (Å²) in [4.78, 5) is 13.7. The van der Waals surface area contributed by atoms with Gasteiger partial charge in [-0.05, 0) is 24.8 Å². The summed E-state index contributed by atoms with van der Waals surface area (Å²) in [6.07, 6.45) is 7.70. The molecule has 0 spiro atoms. The quantitative estimate of drug-likeness (QED) is 0.841. The molecule has 4 rings (SSSR count). The Morgan fingerprint density at radius 3 is 2.58 bits per heavy atom. The lowest BCUT2D eigenvalue weighted by Gasteiger charge is -2.37. The minimum Gasteiger partial charge on any atom is -0.381 e. The molecular formula is C17H24N6O. The highest BCUT2D eigenvalue weighted by Gasteiger charge is 2.22. The van der Waals surface area contributed by atoms with Crippen molar-refractivity contribution >= 4 is 5.82 Å². The summed E-state index contributed by atoms with van der Waals surface area (Å²) in [5, 5.41) is 4.24. The van der Waals surface area contributed by atoms with Gasteiger partial charge in [0.25, 0.3) is 0 Å². The van der Waals surface area contributed by atoms with Crippen LogP contribution in [-0.4, -0.2) is 70.6 Å². The SMILES string of the molecule is c1cnn(-c2cc(N3CCN(CC4CCOCC4)CC3)ncn2)c1. The highest BCUT2D eigenvalue weighted by Crippen LogP contribution is 2.19. The lowest BCUT2D eigenvalue weighted by atomic mass is 9.99. The first kappa shape index (κ1) is 15.5. The first-order valence-electron chi connectivity index (χ1n) is 8.75. The molecule has 0 aromatic carbocycles. The maximum absolute atomic E-state index is 5.46. The van der Waals surface area contributed by atoms with Gasteiger partial charge in [0.05, 0.1) is 0 Å². The molecule has 0 amide bonds. The monoisotopic (exact) mass is 328 g/mol. The van der Waals surface area contributed by atoms with Gasteiger partial charge in [-0.15, -0.1) is 0 Å². The van der Waals surface area contributed by atoms with Crippen molar-refractivity contribution in [3.8, 4) is 5.82 Å². The van der Waals surface area contributed by atoms with Crippen LogP contribution in [0.4, 0.5) is 5.82 Å². The van der Waals surface area contributed by atoms with Gasteiger partial charge >= 0.3 is 0 Å². The fourth-order valence-corrected chi connectivity index (χ4v) is 3.49. The third-order valence-electron chi connectivity index (χ3n) is 4.93. The zero-order valence-corrected chi connectivity index (χ0v) is 13.9. The van der Waals surface area contributed by atoms with E-state index in [2.05, 4.69) is 24.9 Å². The second-order valence-corrected chi connectivity index (χ2v) is 6.53. The smallest absolute Gasteiger partial charge is 0.158 e. The summed E-state index contributed by atoms with van der Waals surface area (Å²) in [5.74, 6) is 2.60. The van der Waals surface area contributed by atoms with Gasteiger partial charge < -0.3 is 9.64 Å². The van der Waals surface area contributed by atoms with Crippen LogP contribution in [0.15, 0.2) is 30.9 Å². The van der Waals surface area contributed by atoms with Crippen molar-refractivity contribution in [3.05, 3.63) is 30.9 Å². The van der Waals surface area contributed by atoms with E-state index in [4.69, 9.17) is 4.74 Å². The van der Waals surface area contributed by atoms with E-state index in [0.29, 0.717) is 0 Å². The predicted octanol–water partition coefficient (Wildman–Crippen LogP) is 1.21. The number of hydrogen-bond acceptors (Lipinski definition) is 6. The van der Waals surface area contributed by atoms with Crippen molar-refractivity contribution in [2.45, 2.75) is 12.8 Å². The maximum atomic E-state index is 5.46. The minimum atomic E-state index is 0.802. The lowest BCUT2D eigenvalue weighted by Crippen LogP contribution is -2.48. The van der Waals surface area contributed by atoms with Gasteiger partial charge in [-0.2, -0.15) is 5.10 Å². The van der Waals surface area contributed by atoms with Crippen LogP contribution in [0.2, 0.25) is 0 Å². The van der Waals surface area contributed by atoms with Crippen molar-refractivity contribution in [2.75, 3.05) is 50.8 Å². The van der Waals surface area contributed by atoms with Gasteiger partial charge in [-0.25, -0.2) is 14.6 Å². The molecule has 7 nitrogen and oxygen atoms in total. The zero-order valence-electron chi connectivity index (χ0n) is 13.9. The van der Waals surface area contributed by atoms with E-state index in [-0.39, 0.29) is 0 Å². The normalized spacial score (nSPS) is 20.4. The summed E-state index contributed by atoms with van der Waals surface area (Å²) >= 11 is 0. The Kier molecular flexibility index (Phi) is 4.71. The summed E-state index contributed by atoms with van der Waals surface area (Å²) in [6.45, 7) is 7.29. The molecule has 2 aliphatic heterocycles. The molecule has 0 bridgehead atoms. The van der Waals surface area contributed by atoms with Crippen LogP contribution in [-0.2, 0) is 4.74 Å². The van der Waals surface area contributed by atoms with E-state index in [0.717, 1.165) is 56.9 Å². The van der Waals surface area contributed by atoms with Crippen LogP contribution in [0.25, 0.3) is 5.82 Å². The van der Waals surface area contributed by atoms with Gasteiger partial charge in [0, 0.05) is 64.4 Å². The second-order valence-electron chi connectivity index (χ2n) is 6.53. The number of anilines is 1. The van der Waals surface area contributed by atoms with Crippen molar-refractivity contribution in [1.29, 1.82) is 0 Å². The topological polar surface area (TPSA) is 59.3 Å². The van der Waals surface area contributed by atoms with Crippen molar-refractivity contribution in [1.82, 2.24) is 24.6 Å². The number of hydrogen-bond donors (Lipinski definition) is 0. The molecule has 2 saturated heterocycles. The Morgan fingerprint density at radius 2 is 1.83 bits per heavy atom. The Labute approximate surface area is 142 Å². The Morgan fingerprint density at radius 1 is 1.04 bits per heavy atom. The van der Waals surface area contributed by atoms with Gasteiger partial charge in [0.2, 0.25) is 0 Å². The largest absolute Gasteiger partial charge is 0.381 e. The van der Waals surface area contributed by atoms with E-state index in [1.165, 1.54) is 19.4 Å². The molecule has 0 unspecified atom stereocenters. The van der Waals surface area contributed by atoms with Gasteiger partial charge in [0.15, 0.2) is 5.82 Å². The lowest BCUT2D eigenvalue weighted by molar-refractivity contribution is 0.0517. The average Bonchev–Trinajstić information content (AvgIpc) is 3.18. The van der Waals surface area contributed by atoms with Crippen LogP contribution in [0, 0.1) is 5.92 Å². The maximum Gasteiger partial charge on any atom is 0.158 e. The molecule has 2 aliphatic rings.